The number of unbranched alkanes of at least 4 members (excludes halogenated alkanes) is 4. The Hall–Kier alpha value is -0.340. The summed E-state index contributed by atoms with van der Waals surface area (Å²) in [6, 6.07) is 0. The van der Waals surface area contributed by atoms with E-state index in [4.69, 9.17) is 4.74 Å². The van der Waals surface area contributed by atoms with Crippen LogP contribution in [-0.4, -0.2) is 26.3 Å². The number of hydrogen-bond donors (Lipinski definition) is 1. The zero-order valence-corrected chi connectivity index (χ0v) is 10.3. The molecular formula is C13H27NO. The highest BCUT2D eigenvalue weighted by atomic mass is 16.5. The van der Waals surface area contributed by atoms with E-state index in [1.165, 1.54) is 32.1 Å². The maximum atomic E-state index is 5.44. The molecule has 0 aromatic carbocycles. The maximum absolute atomic E-state index is 5.44. The lowest BCUT2D eigenvalue weighted by atomic mass is 10.2. The predicted molar refractivity (Wildman–Crippen MR) is 67.3 cm³/mol. The monoisotopic (exact) mass is 213 g/mol. The minimum absolute atomic E-state index is 0.854. The average molecular weight is 213 g/mol. The Morgan fingerprint density at radius 2 is 1.93 bits per heavy atom. The molecule has 0 aromatic heterocycles. The molecule has 0 radical (unpaired) electrons. The summed E-state index contributed by atoms with van der Waals surface area (Å²) in [5.41, 5.74) is 0. The Balaban J connectivity index is 2.83. The van der Waals surface area contributed by atoms with Crippen molar-refractivity contribution < 1.29 is 4.74 Å². The molecule has 0 fully saturated rings. The third kappa shape index (κ3) is 13.7. The van der Waals surface area contributed by atoms with Crippen molar-refractivity contribution in [3.63, 3.8) is 0 Å². The van der Waals surface area contributed by atoms with Crippen molar-refractivity contribution in [2.75, 3.05) is 26.3 Å². The summed E-state index contributed by atoms with van der Waals surface area (Å²) >= 11 is 0. The van der Waals surface area contributed by atoms with Crippen LogP contribution in [0.5, 0.6) is 0 Å². The Morgan fingerprint density at radius 1 is 1.07 bits per heavy atom. The highest BCUT2D eigenvalue weighted by Gasteiger charge is 1.90. The SMILES string of the molecule is C=CCCCCCNCCOCCCC. The quantitative estimate of drug-likeness (QED) is 0.397. The zero-order chi connectivity index (χ0) is 11.2. The third-order valence-corrected chi connectivity index (χ3v) is 2.33. The van der Waals surface area contributed by atoms with Crippen molar-refractivity contribution in [1.82, 2.24) is 5.32 Å². The number of ether oxygens (including phenoxy) is 1. The van der Waals surface area contributed by atoms with Gasteiger partial charge >= 0.3 is 0 Å². The first-order chi connectivity index (χ1) is 7.41. The lowest BCUT2D eigenvalue weighted by Gasteiger charge is -2.05. The number of nitrogens with one attached hydrogen (secondary N) is 1. The van der Waals surface area contributed by atoms with Gasteiger partial charge in [-0.2, -0.15) is 0 Å². The van der Waals surface area contributed by atoms with Crippen LogP contribution in [0, 0.1) is 0 Å². The molecular weight excluding hydrogens is 186 g/mol. The van der Waals surface area contributed by atoms with E-state index in [9.17, 15) is 0 Å². The fraction of sp³-hybridized carbons (Fsp3) is 0.846. The van der Waals surface area contributed by atoms with Gasteiger partial charge in [0.1, 0.15) is 0 Å². The van der Waals surface area contributed by atoms with E-state index in [2.05, 4.69) is 18.8 Å². The van der Waals surface area contributed by atoms with Gasteiger partial charge in [-0.3, -0.25) is 0 Å². The molecule has 1 N–H and O–H groups in total. The predicted octanol–water partition coefficient (Wildman–Crippen LogP) is 3.14. The summed E-state index contributed by atoms with van der Waals surface area (Å²) in [4.78, 5) is 0. The lowest BCUT2D eigenvalue weighted by molar-refractivity contribution is 0.133. The van der Waals surface area contributed by atoms with Gasteiger partial charge in [0.05, 0.1) is 6.61 Å². The molecule has 0 saturated heterocycles. The Labute approximate surface area is 95.1 Å². The minimum atomic E-state index is 0.854. The minimum Gasteiger partial charge on any atom is -0.380 e. The van der Waals surface area contributed by atoms with E-state index in [1.807, 2.05) is 6.08 Å². The van der Waals surface area contributed by atoms with E-state index in [-0.39, 0.29) is 0 Å². The largest absolute Gasteiger partial charge is 0.380 e. The second-order valence-corrected chi connectivity index (χ2v) is 3.85. The van der Waals surface area contributed by atoms with Crippen LogP contribution in [0.4, 0.5) is 0 Å². The molecule has 2 nitrogen and oxygen atoms in total. The molecule has 0 atom stereocenters. The first-order valence-electron chi connectivity index (χ1n) is 6.31. The molecule has 0 amide bonds. The van der Waals surface area contributed by atoms with E-state index >= 15 is 0 Å². The van der Waals surface area contributed by atoms with Crippen molar-refractivity contribution in [2.24, 2.45) is 0 Å². The van der Waals surface area contributed by atoms with Gasteiger partial charge in [-0.1, -0.05) is 25.8 Å². The van der Waals surface area contributed by atoms with Crippen LogP contribution < -0.4 is 5.32 Å². The van der Waals surface area contributed by atoms with Crippen molar-refractivity contribution in [1.29, 1.82) is 0 Å². The van der Waals surface area contributed by atoms with Crippen molar-refractivity contribution >= 4 is 0 Å². The molecule has 0 spiro atoms. The number of hydrogen-bond acceptors (Lipinski definition) is 2. The summed E-state index contributed by atoms with van der Waals surface area (Å²) in [5, 5.41) is 3.39. The molecule has 0 heterocycles. The van der Waals surface area contributed by atoms with E-state index in [0.717, 1.165) is 32.7 Å². The fourth-order valence-electron chi connectivity index (χ4n) is 1.33. The van der Waals surface area contributed by atoms with Crippen molar-refractivity contribution in [3.05, 3.63) is 12.7 Å². The highest BCUT2D eigenvalue weighted by Crippen LogP contribution is 1.98. The Kier molecular flexibility index (Phi) is 13.4. The second kappa shape index (κ2) is 13.7. The second-order valence-electron chi connectivity index (χ2n) is 3.85. The maximum Gasteiger partial charge on any atom is 0.0590 e. The molecule has 0 saturated carbocycles. The molecule has 0 aromatic rings. The first-order valence-corrected chi connectivity index (χ1v) is 6.31. The Morgan fingerprint density at radius 3 is 2.67 bits per heavy atom. The summed E-state index contributed by atoms with van der Waals surface area (Å²) in [6.45, 7) is 9.78. The van der Waals surface area contributed by atoms with Gasteiger partial charge in [-0.15, -0.1) is 6.58 Å². The van der Waals surface area contributed by atoms with Gasteiger partial charge in [0, 0.05) is 13.2 Å². The van der Waals surface area contributed by atoms with Crippen LogP contribution in [0.3, 0.4) is 0 Å². The standard InChI is InChI=1S/C13H27NO/c1-3-5-7-8-9-10-14-11-13-15-12-6-4-2/h3,14H,1,4-13H2,2H3. The van der Waals surface area contributed by atoms with Crippen molar-refractivity contribution in [2.45, 2.75) is 45.4 Å². The van der Waals surface area contributed by atoms with Gasteiger partial charge in [0.15, 0.2) is 0 Å². The number of allylic oxidation sites excluding steroid dienone is 1. The van der Waals surface area contributed by atoms with E-state index in [1.54, 1.807) is 0 Å². The summed E-state index contributed by atoms with van der Waals surface area (Å²) in [7, 11) is 0. The molecule has 0 aliphatic carbocycles. The molecule has 15 heavy (non-hydrogen) atoms. The molecule has 0 aliphatic rings. The average Bonchev–Trinajstić information content (AvgIpc) is 2.26. The molecule has 0 rings (SSSR count). The summed E-state index contributed by atoms with van der Waals surface area (Å²) in [6.07, 6.45) is 9.39. The van der Waals surface area contributed by atoms with Crippen LogP contribution in [0.15, 0.2) is 12.7 Å². The molecule has 0 unspecified atom stereocenters. The van der Waals surface area contributed by atoms with Crippen LogP contribution in [0.25, 0.3) is 0 Å². The van der Waals surface area contributed by atoms with E-state index < -0.39 is 0 Å². The van der Waals surface area contributed by atoms with Crippen LogP contribution >= 0.6 is 0 Å². The topological polar surface area (TPSA) is 21.3 Å². The zero-order valence-electron chi connectivity index (χ0n) is 10.3. The lowest BCUT2D eigenvalue weighted by Crippen LogP contribution is -2.21. The van der Waals surface area contributed by atoms with Gasteiger partial charge in [0.25, 0.3) is 0 Å². The van der Waals surface area contributed by atoms with E-state index in [0.29, 0.717) is 0 Å². The summed E-state index contributed by atoms with van der Waals surface area (Å²) < 4.78 is 5.44. The first kappa shape index (κ1) is 14.7. The molecule has 90 valence electrons. The highest BCUT2D eigenvalue weighted by molar-refractivity contribution is 4.65. The van der Waals surface area contributed by atoms with Crippen LogP contribution in [-0.2, 0) is 4.74 Å². The van der Waals surface area contributed by atoms with Gasteiger partial charge < -0.3 is 10.1 Å². The number of rotatable bonds is 12. The third-order valence-electron chi connectivity index (χ3n) is 2.33. The smallest absolute Gasteiger partial charge is 0.0590 e. The Bertz CT molecular complexity index is 126. The van der Waals surface area contributed by atoms with Gasteiger partial charge in [0.2, 0.25) is 0 Å². The van der Waals surface area contributed by atoms with Crippen LogP contribution in [0.1, 0.15) is 45.4 Å². The van der Waals surface area contributed by atoms with Gasteiger partial charge in [-0.25, -0.2) is 0 Å². The molecule has 0 bridgehead atoms. The van der Waals surface area contributed by atoms with Crippen molar-refractivity contribution in [3.8, 4) is 0 Å². The van der Waals surface area contributed by atoms with Gasteiger partial charge in [-0.05, 0) is 32.2 Å². The normalized spacial score (nSPS) is 10.5. The summed E-state index contributed by atoms with van der Waals surface area (Å²) in [5.74, 6) is 0. The molecule has 2 heteroatoms. The van der Waals surface area contributed by atoms with Crippen LogP contribution in [0.2, 0.25) is 0 Å². The molecule has 0 aliphatic heterocycles. The fourth-order valence-corrected chi connectivity index (χ4v) is 1.33.